The molecule has 0 saturated heterocycles. The van der Waals surface area contributed by atoms with Crippen molar-refractivity contribution >= 4 is 11.0 Å². The molecule has 1 aromatic rings. The van der Waals surface area contributed by atoms with Crippen LogP contribution >= 0.6 is 0 Å². The Morgan fingerprint density at radius 2 is 2.13 bits per heavy atom. The predicted octanol–water partition coefficient (Wildman–Crippen LogP) is 1.28. The van der Waals surface area contributed by atoms with E-state index in [1.165, 1.54) is 0 Å². The van der Waals surface area contributed by atoms with Gasteiger partial charge in [-0.1, -0.05) is 0 Å². The largest absolute Gasteiger partial charge is 0.275 e. The van der Waals surface area contributed by atoms with Gasteiger partial charge in [-0.15, -0.1) is 0 Å². The van der Waals surface area contributed by atoms with E-state index >= 15 is 0 Å². The maximum absolute atomic E-state index is 11.7. The molecule has 4 nitrogen and oxygen atoms in total. The maximum atomic E-state index is 11.7. The lowest BCUT2D eigenvalue weighted by molar-refractivity contribution is 0.632. The zero-order chi connectivity index (χ0) is 11.6. The lowest BCUT2D eigenvalue weighted by atomic mass is 10.3. The van der Waals surface area contributed by atoms with Crippen molar-refractivity contribution in [3.8, 4) is 0 Å². The van der Waals surface area contributed by atoms with Crippen molar-refractivity contribution < 1.29 is 4.21 Å². The molecule has 0 aliphatic rings. The predicted molar refractivity (Wildman–Crippen MR) is 62.7 cm³/mol. The van der Waals surface area contributed by atoms with Crippen LogP contribution in [0.15, 0.2) is 6.20 Å². The molecule has 0 saturated carbocycles. The van der Waals surface area contributed by atoms with Crippen LogP contribution in [0.4, 0.5) is 0 Å². The molecule has 0 aliphatic carbocycles. The molecular formula is C10H19N3OS. The lowest BCUT2D eigenvalue weighted by Crippen LogP contribution is -2.33. The van der Waals surface area contributed by atoms with Crippen LogP contribution in [0.1, 0.15) is 32.0 Å². The van der Waals surface area contributed by atoms with Crippen LogP contribution in [-0.2, 0) is 24.6 Å². The zero-order valence-electron chi connectivity index (χ0n) is 10.00. The fourth-order valence-corrected chi connectivity index (χ4v) is 1.88. The minimum Gasteiger partial charge on any atom is -0.275 e. The second kappa shape index (κ2) is 4.45. The molecule has 0 amide bonds. The zero-order valence-corrected chi connectivity index (χ0v) is 10.8. The summed E-state index contributed by atoms with van der Waals surface area (Å²) in [4.78, 5) is 0. The first-order valence-electron chi connectivity index (χ1n) is 4.95. The van der Waals surface area contributed by atoms with Crippen molar-refractivity contribution in [2.45, 2.75) is 39.0 Å². The average Bonchev–Trinajstić information content (AvgIpc) is 2.39. The van der Waals surface area contributed by atoms with Gasteiger partial charge in [-0.3, -0.25) is 4.68 Å². The van der Waals surface area contributed by atoms with Crippen LogP contribution in [0.2, 0.25) is 0 Å². The highest BCUT2D eigenvalue weighted by molar-refractivity contribution is 7.84. The topological polar surface area (TPSA) is 46.9 Å². The van der Waals surface area contributed by atoms with Gasteiger partial charge in [-0.25, -0.2) is 8.93 Å². The van der Waals surface area contributed by atoms with Gasteiger partial charge < -0.3 is 0 Å². The Kier molecular flexibility index (Phi) is 3.67. The number of aryl methyl sites for hydroxylation is 2. The molecule has 86 valence electrons. The number of hydrogen-bond donors (Lipinski definition) is 1. The van der Waals surface area contributed by atoms with Crippen molar-refractivity contribution in [2.24, 2.45) is 7.05 Å². The molecule has 0 spiro atoms. The Morgan fingerprint density at radius 3 is 2.53 bits per heavy atom. The van der Waals surface area contributed by atoms with Crippen molar-refractivity contribution in [1.29, 1.82) is 0 Å². The molecule has 0 aromatic carbocycles. The molecule has 5 heteroatoms. The van der Waals surface area contributed by atoms with E-state index in [2.05, 4.69) is 9.82 Å². The van der Waals surface area contributed by atoms with Crippen LogP contribution in [0.5, 0.6) is 0 Å². The van der Waals surface area contributed by atoms with Gasteiger partial charge >= 0.3 is 0 Å². The van der Waals surface area contributed by atoms with Crippen LogP contribution in [0.3, 0.4) is 0 Å². The Morgan fingerprint density at radius 1 is 1.53 bits per heavy atom. The monoisotopic (exact) mass is 229 g/mol. The van der Waals surface area contributed by atoms with Crippen molar-refractivity contribution in [3.05, 3.63) is 17.5 Å². The van der Waals surface area contributed by atoms with Crippen molar-refractivity contribution in [3.63, 3.8) is 0 Å². The van der Waals surface area contributed by atoms with E-state index in [0.717, 1.165) is 11.3 Å². The average molecular weight is 229 g/mol. The first kappa shape index (κ1) is 12.4. The molecule has 0 radical (unpaired) electrons. The van der Waals surface area contributed by atoms with E-state index in [-0.39, 0.29) is 4.75 Å². The fourth-order valence-electron chi connectivity index (χ4n) is 1.18. The Hall–Kier alpha value is -0.680. The summed E-state index contributed by atoms with van der Waals surface area (Å²) in [5.74, 6) is 0. The second-order valence-corrected chi connectivity index (χ2v) is 6.69. The summed E-state index contributed by atoms with van der Waals surface area (Å²) in [6.45, 7) is 8.39. The third-order valence-corrected chi connectivity index (χ3v) is 3.56. The first-order chi connectivity index (χ1) is 6.80. The van der Waals surface area contributed by atoms with Gasteiger partial charge in [0, 0.05) is 13.2 Å². The summed E-state index contributed by atoms with van der Waals surface area (Å²) < 4.78 is 16.2. The number of nitrogens with one attached hydrogen (secondary N) is 1. The molecule has 1 N–H and O–H groups in total. The van der Waals surface area contributed by atoms with Gasteiger partial charge in [-0.2, -0.15) is 5.10 Å². The second-order valence-electron chi connectivity index (χ2n) is 4.63. The van der Waals surface area contributed by atoms with Crippen LogP contribution in [0, 0.1) is 6.92 Å². The van der Waals surface area contributed by atoms with Crippen LogP contribution in [0.25, 0.3) is 0 Å². The van der Waals surface area contributed by atoms with E-state index in [9.17, 15) is 4.21 Å². The first-order valence-corrected chi connectivity index (χ1v) is 6.10. The van der Waals surface area contributed by atoms with Crippen molar-refractivity contribution in [2.75, 3.05) is 0 Å². The molecule has 1 heterocycles. The SMILES string of the molecule is Cc1cn(C)nc1CN[S@@](=O)C(C)(C)C. The van der Waals surface area contributed by atoms with E-state index in [1.54, 1.807) is 4.68 Å². The molecule has 15 heavy (non-hydrogen) atoms. The number of rotatable bonds is 3. The molecule has 0 fully saturated rings. The van der Waals surface area contributed by atoms with E-state index in [1.807, 2.05) is 40.9 Å². The van der Waals surface area contributed by atoms with E-state index < -0.39 is 11.0 Å². The molecular weight excluding hydrogens is 210 g/mol. The van der Waals surface area contributed by atoms with Gasteiger partial charge in [0.1, 0.15) is 0 Å². The maximum Gasteiger partial charge on any atom is 0.0973 e. The normalized spacial score (nSPS) is 14.2. The summed E-state index contributed by atoms with van der Waals surface area (Å²) in [5, 5.41) is 4.28. The Labute approximate surface area is 93.7 Å². The Balaban J connectivity index is 2.58. The highest BCUT2D eigenvalue weighted by atomic mass is 32.2. The number of aromatic nitrogens is 2. The third kappa shape index (κ3) is 3.43. The Bertz CT molecular complexity index is 365. The van der Waals surface area contributed by atoms with Gasteiger partial charge in [0.05, 0.1) is 28.0 Å². The lowest BCUT2D eigenvalue weighted by Gasteiger charge is -2.17. The number of hydrogen-bond acceptors (Lipinski definition) is 2. The van der Waals surface area contributed by atoms with E-state index in [0.29, 0.717) is 6.54 Å². The van der Waals surface area contributed by atoms with Crippen LogP contribution < -0.4 is 4.72 Å². The van der Waals surface area contributed by atoms with Crippen molar-refractivity contribution in [1.82, 2.24) is 14.5 Å². The van der Waals surface area contributed by atoms with Gasteiger partial charge in [0.15, 0.2) is 0 Å². The minimum atomic E-state index is -1.04. The van der Waals surface area contributed by atoms with Crippen LogP contribution in [-0.4, -0.2) is 18.7 Å². The third-order valence-electron chi connectivity index (χ3n) is 2.04. The molecule has 1 atom stereocenters. The standard InChI is InChI=1S/C10H19N3OS/c1-8-7-13(5)12-9(8)6-11-15(14)10(2,3)4/h7,11H,6H2,1-5H3/t15-/m0/s1. The highest BCUT2D eigenvalue weighted by Gasteiger charge is 2.19. The molecule has 0 unspecified atom stereocenters. The number of nitrogens with zero attached hydrogens (tertiary/aromatic N) is 2. The molecule has 0 bridgehead atoms. The summed E-state index contributed by atoms with van der Waals surface area (Å²) in [5.41, 5.74) is 2.08. The van der Waals surface area contributed by atoms with Gasteiger partial charge in [0.25, 0.3) is 0 Å². The summed E-state index contributed by atoms with van der Waals surface area (Å²) >= 11 is 0. The fraction of sp³-hybridized carbons (Fsp3) is 0.700. The highest BCUT2D eigenvalue weighted by Crippen LogP contribution is 2.10. The molecule has 1 aromatic heterocycles. The molecule has 1 rings (SSSR count). The smallest absolute Gasteiger partial charge is 0.0973 e. The molecule has 0 aliphatic heterocycles. The quantitative estimate of drug-likeness (QED) is 0.848. The minimum absolute atomic E-state index is 0.233. The van der Waals surface area contributed by atoms with Gasteiger partial charge in [-0.05, 0) is 33.3 Å². The van der Waals surface area contributed by atoms with Gasteiger partial charge in [0.2, 0.25) is 0 Å². The summed E-state index contributed by atoms with van der Waals surface area (Å²) in [7, 11) is 0.850. The summed E-state index contributed by atoms with van der Waals surface area (Å²) in [6.07, 6.45) is 1.96. The summed E-state index contributed by atoms with van der Waals surface area (Å²) in [6, 6.07) is 0. The van der Waals surface area contributed by atoms with E-state index in [4.69, 9.17) is 0 Å².